The largest absolute Gasteiger partial charge is 0.506 e. The minimum Gasteiger partial charge on any atom is -0.506 e. The van der Waals surface area contributed by atoms with Gasteiger partial charge in [0.15, 0.2) is 0 Å². The highest BCUT2D eigenvalue weighted by molar-refractivity contribution is 5.96. The highest BCUT2D eigenvalue weighted by atomic mass is 16.6. The molecular formula is C12H17N3O4. The Morgan fingerprint density at radius 2 is 2.16 bits per heavy atom. The normalized spacial score (nSPS) is 12.2. The first-order valence-corrected chi connectivity index (χ1v) is 5.85. The summed E-state index contributed by atoms with van der Waals surface area (Å²) in [7, 11) is 0. The number of hydrogen-bond acceptors (Lipinski definition) is 5. The highest BCUT2D eigenvalue weighted by Crippen LogP contribution is 2.27. The van der Waals surface area contributed by atoms with E-state index in [0.29, 0.717) is 6.42 Å². The van der Waals surface area contributed by atoms with Crippen LogP contribution in [0.4, 0.5) is 11.4 Å². The van der Waals surface area contributed by atoms with Crippen LogP contribution in [0.15, 0.2) is 18.2 Å². The van der Waals surface area contributed by atoms with Crippen molar-refractivity contribution in [3.8, 4) is 5.75 Å². The summed E-state index contributed by atoms with van der Waals surface area (Å²) < 4.78 is 0. The number of nitrogens with one attached hydrogen (secondary N) is 1. The number of amides is 1. The van der Waals surface area contributed by atoms with Crippen molar-refractivity contribution >= 4 is 17.3 Å². The molecule has 7 heteroatoms. The van der Waals surface area contributed by atoms with Gasteiger partial charge in [0.25, 0.3) is 5.69 Å². The van der Waals surface area contributed by atoms with Gasteiger partial charge in [0.1, 0.15) is 5.75 Å². The Kier molecular flexibility index (Phi) is 4.82. The summed E-state index contributed by atoms with van der Waals surface area (Å²) in [6.45, 7) is 3.88. The number of anilines is 1. The maximum atomic E-state index is 11.7. The molecule has 0 radical (unpaired) electrons. The number of phenolic OH excluding ortho intramolecular Hbond substituents is 1. The van der Waals surface area contributed by atoms with Crippen molar-refractivity contribution in [2.45, 2.75) is 26.3 Å². The molecule has 1 amide bonds. The quantitative estimate of drug-likeness (QED) is 0.425. The number of carbonyl (C=O) groups is 1. The van der Waals surface area contributed by atoms with Crippen molar-refractivity contribution in [2.24, 2.45) is 11.7 Å². The molecule has 1 aromatic carbocycles. The fourth-order valence-electron chi connectivity index (χ4n) is 1.58. The summed E-state index contributed by atoms with van der Waals surface area (Å²) in [4.78, 5) is 21.6. The van der Waals surface area contributed by atoms with Crippen molar-refractivity contribution < 1.29 is 14.8 Å². The van der Waals surface area contributed by atoms with E-state index < -0.39 is 16.9 Å². The van der Waals surface area contributed by atoms with Gasteiger partial charge in [-0.2, -0.15) is 0 Å². The Morgan fingerprint density at radius 1 is 1.53 bits per heavy atom. The summed E-state index contributed by atoms with van der Waals surface area (Å²) in [5.41, 5.74) is 5.55. The monoisotopic (exact) mass is 267 g/mol. The summed E-state index contributed by atoms with van der Waals surface area (Å²) >= 11 is 0. The van der Waals surface area contributed by atoms with Crippen LogP contribution in [-0.2, 0) is 4.79 Å². The molecule has 1 rings (SSSR count). The van der Waals surface area contributed by atoms with Gasteiger partial charge in [-0.05, 0) is 18.4 Å². The van der Waals surface area contributed by atoms with Crippen LogP contribution in [0, 0.1) is 16.0 Å². The molecule has 0 unspecified atom stereocenters. The Balaban J connectivity index is 2.77. The maximum Gasteiger partial charge on any atom is 0.273 e. The molecule has 1 aromatic rings. The lowest BCUT2D eigenvalue weighted by Crippen LogP contribution is -2.36. The first-order valence-electron chi connectivity index (χ1n) is 5.85. The van der Waals surface area contributed by atoms with Gasteiger partial charge in [0.05, 0.1) is 22.7 Å². The molecule has 1 atom stereocenters. The average molecular weight is 267 g/mol. The van der Waals surface area contributed by atoms with Crippen molar-refractivity contribution in [1.29, 1.82) is 0 Å². The Bertz CT molecular complexity index is 488. The lowest BCUT2D eigenvalue weighted by Gasteiger charge is -2.14. The first-order chi connectivity index (χ1) is 8.81. The highest BCUT2D eigenvalue weighted by Gasteiger charge is 2.17. The number of nitrogens with two attached hydrogens (primary N) is 1. The van der Waals surface area contributed by atoms with Crippen molar-refractivity contribution in [1.82, 2.24) is 0 Å². The van der Waals surface area contributed by atoms with E-state index in [4.69, 9.17) is 5.73 Å². The van der Waals surface area contributed by atoms with Gasteiger partial charge >= 0.3 is 0 Å². The Labute approximate surface area is 110 Å². The molecule has 0 aliphatic carbocycles. The number of aromatic hydroxyl groups is 1. The maximum absolute atomic E-state index is 11.7. The number of nitro benzene ring substituents is 1. The van der Waals surface area contributed by atoms with Gasteiger partial charge in [-0.3, -0.25) is 14.9 Å². The second-order valence-corrected chi connectivity index (χ2v) is 4.68. The van der Waals surface area contributed by atoms with Crippen LogP contribution in [0.1, 0.15) is 20.3 Å². The fraction of sp³-hybridized carbons (Fsp3) is 0.417. The molecule has 104 valence electrons. The molecule has 0 saturated heterocycles. The molecule has 0 fully saturated rings. The van der Waals surface area contributed by atoms with Gasteiger partial charge in [-0.25, -0.2) is 0 Å². The zero-order valence-corrected chi connectivity index (χ0v) is 10.8. The molecule has 0 aliphatic heterocycles. The van der Waals surface area contributed by atoms with E-state index in [1.807, 2.05) is 13.8 Å². The van der Waals surface area contributed by atoms with Crippen LogP contribution in [0.3, 0.4) is 0 Å². The molecule has 0 heterocycles. The number of nitro groups is 1. The lowest BCUT2D eigenvalue weighted by atomic mass is 10.0. The number of hydrogen-bond donors (Lipinski definition) is 3. The van der Waals surface area contributed by atoms with E-state index in [9.17, 15) is 20.0 Å². The van der Waals surface area contributed by atoms with E-state index in [-0.39, 0.29) is 23.0 Å². The molecule has 4 N–H and O–H groups in total. The third-order valence-corrected chi connectivity index (χ3v) is 2.51. The fourth-order valence-corrected chi connectivity index (χ4v) is 1.58. The van der Waals surface area contributed by atoms with Gasteiger partial charge in [-0.1, -0.05) is 13.8 Å². The topological polar surface area (TPSA) is 118 Å². The smallest absolute Gasteiger partial charge is 0.273 e. The number of benzene rings is 1. The minimum absolute atomic E-state index is 0.106. The minimum atomic E-state index is -0.686. The van der Waals surface area contributed by atoms with Crippen LogP contribution in [0.2, 0.25) is 0 Å². The van der Waals surface area contributed by atoms with Crippen molar-refractivity contribution in [3.05, 3.63) is 28.3 Å². The van der Waals surface area contributed by atoms with Crippen LogP contribution in [0.25, 0.3) is 0 Å². The Morgan fingerprint density at radius 3 is 2.63 bits per heavy atom. The molecular weight excluding hydrogens is 250 g/mol. The summed E-state index contributed by atoms with van der Waals surface area (Å²) in [6.07, 6.45) is 0.513. The molecule has 0 bridgehead atoms. The first kappa shape index (κ1) is 14.9. The van der Waals surface area contributed by atoms with E-state index in [1.54, 1.807) is 0 Å². The van der Waals surface area contributed by atoms with Crippen LogP contribution < -0.4 is 11.1 Å². The summed E-state index contributed by atoms with van der Waals surface area (Å²) in [5.74, 6) is -0.525. The van der Waals surface area contributed by atoms with Crippen molar-refractivity contribution in [2.75, 3.05) is 5.32 Å². The summed E-state index contributed by atoms with van der Waals surface area (Å²) in [5, 5.41) is 22.5. The van der Waals surface area contributed by atoms with Gasteiger partial charge in [0.2, 0.25) is 5.91 Å². The molecule has 0 aliphatic rings. The van der Waals surface area contributed by atoms with E-state index in [2.05, 4.69) is 5.32 Å². The van der Waals surface area contributed by atoms with Crippen molar-refractivity contribution in [3.63, 3.8) is 0 Å². The van der Waals surface area contributed by atoms with E-state index in [0.717, 1.165) is 6.07 Å². The van der Waals surface area contributed by atoms with Crippen LogP contribution in [-0.4, -0.2) is 22.0 Å². The molecule has 7 nitrogen and oxygen atoms in total. The lowest BCUT2D eigenvalue weighted by molar-refractivity contribution is -0.384. The second-order valence-electron chi connectivity index (χ2n) is 4.68. The molecule has 19 heavy (non-hydrogen) atoms. The molecule has 0 spiro atoms. The third kappa shape index (κ3) is 4.22. The van der Waals surface area contributed by atoms with Gasteiger partial charge in [-0.15, -0.1) is 0 Å². The summed E-state index contributed by atoms with van der Waals surface area (Å²) in [6, 6.07) is 2.76. The number of non-ortho nitro benzene ring substituents is 1. The van der Waals surface area contributed by atoms with Gasteiger partial charge in [0, 0.05) is 6.07 Å². The zero-order valence-electron chi connectivity index (χ0n) is 10.8. The standard InChI is InChI=1S/C12H17N3O4/c1-7(2)5-9(13)12(17)14-10-4-3-8(15(18)19)6-11(10)16/h3-4,6-7,9,16H,5,13H2,1-2H3,(H,14,17)/t9-/m1/s1. The zero-order chi connectivity index (χ0) is 14.6. The third-order valence-electron chi connectivity index (χ3n) is 2.51. The van der Waals surface area contributed by atoms with E-state index >= 15 is 0 Å². The predicted octanol–water partition coefficient (Wildman–Crippen LogP) is 1.61. The predicted molar refractivity (Wildman–Crippen MR) is 70.8 cm³/mol. The number of nitrogens with zero attached hydrogens (tertiary/aromatic N) is 1. The second kappa shape index (κ2) is 6.14. The SMILES string of the molecule is CC(C)C[C@@H](N)C(=O)Nc1ccc([N+](=O)[O-])cc1O. The molecule has 0 aromatic heterocycles. The number of rotatable bonds is 5. The van der Waals surface area contributed by atoms with Gasteiger partial charge < -0.3 is 16.2 Å². The van der Waals surface area contributed by atoms with Crippen LogP contribution in [0.5, 0.6) is 5.75 Å². The molecule has 0 saturated carbocycles. The average Bonchev–Trinajstić information content (AvgIpc) is 2.30. The van der Waals surface area contributed by atoms with E-state index in [1.165, 1.54) is 12.1 Å². The number of carbonyl (C=O) groups excluding carboxylic acids is 1. The van der Waals surface area contributed by atoms with Crippen LogP contribution >= 0.6 is 0 Å². The Hall–Kier alpha value is -2.15. The number of phenols is 1.